The highest BCUT2D eigenvalue weighted by atomic mass is 16.1. The van der Waals surface area contributed by atoms with E-state index in [0.29, 0.717) is 12.3 Å². The Kier molecular flexibility index (Phi) is 3.63. The number of carbonyl (C=O) groups excluding carboxylic acids is 1. The molecule has 0 radical (unpaired) electrons. The summed E-state index contributed by atoms with van der Waals surface area (Å²) in [6, 6.07) is 1.79. The molecule has 0 saturated heterocycles. The Bertz CT molecular complexity index is 323. The number of anilines is 1. The third-order valence-corrected chi connectivity index (χ3v) is 2.15. The van der Waals surface area contributed by atoms with Crippen LogP contribution >= 0.6 is 0 Å². The summed E-state index contributed by atoms with van der Waals surface area (Å²) in [7, 11) is 0. The van der Waals surface area contributed by atoms with Crippen LogP contribution in [0, 0.1) is 5.92 Å². The minimum atomic E-state index is 0.222. The predicted molar refractivity (Wildman–Crippen MR) is 56.8 cm³/mol. The molecule has 3 nitrogen and oxygen atoms in total. The van der Waals surface area contributed by atoms with Gasteiger partial charge >= 0.3 is 0 Å². The molecule has 0 aliphatic carbocycles. The molecule has 1 rings (SSSR count). The van der Waals surface area contributed by atoms with Crippen molar-refractivity contribution in [2.75, 3.05) is 5.73 Å². The third-order valence-electron chi connectivity index (χ3n) is 2.15. The lowest BCUT2D eigenvalue weighted by Gasteiger charge is -2.10. The number of nitrogens with two attached hydrogens (primary N) is 1. The maximum atomic E-state index is 10.9. The molecule has 0 fully saturated rings. The summed E-state index contributed by atoms with van der Waals surface area (Å²) in [6.45, 7) is 3.66. The maximum absolute atomic E-state index is 10.9. The first-order valence-corrected chi connectivity index (χ1v) is 4.77. The Balaban J connectivity index is 2.60. The van der Waals surface area contributed by atoms with Crippen molar-refractivity contribution in [3.63, 3.8) is 0 Å². The molecule has 0 amide bonds. The molecule has 0 aliphatic rings. The molecule has 14 heavy (non-hydrogen) atoms. The van der Waals surface area contributed by atoms with Gasteiger partial charge in [0.25, 0.3) is 0 Å². The topological polar surface area (TPSA) is 56.0 Å². The second-order valence-electron chi connectivity index (χ2n) is 3.79. The standard InChI is InChI=1S/C11H16N2O/c1-8(5-9(2)14)6-10-7-13-4-3-11(10)12/h3-4,7-8H,5-6H2,1-2H3,(H2,12,13). The molecule has 0 saturated carbocycles. The summed E-state index contributed by atoms with van der Waals surface area (Å²) >= 11 is 0. The van der Waals surface area contributed by atoms with Gasteiger partial charge in [0.15, 0.2) is 0 Å². The van der Waals surface area contributed by atoms with Crippen molar-refractivity contribution in [3.05, 3.63) is 24.0 Å². The summed E-state index contributed by atoms with van der Waals surface area (Å²) < 4.78 is 0. The number of Topliss-reactive ketones (excluding diaryl/α,β-unsaturated/α-hetero) is 1. The average Bonchev–Trinajstić information content (AvgIpc) is 2.07. The highest BCUT2D eigenvalue weighted by molar-refractivity contribution is 5.75. The summed E-state index contributed by atoms with van der Waals surface area (Å²) in [6.07, 6.45) is 4.87. The Morgan fingerprint density at radius 1 is 1.64 bits per heavy atom. The van der Waals surface area contributed by atoms with Crippen LogP contribution in [-0.4, -0.2) is 10.8 Å². The SMILES string of the molecule is CC(=O)CC(C)Cc1cnccc1N. The lowest BCUT2D eigenvalue weighted by molar-refractivity contribution is -0.117. The van der Waals surface area contributed by atoms with E-state index >= 15 is 0 Å². The zero-order valence-corrected chi connectivity index (χ0v) is 8.66. The van der Waals surface area contributed by atoms with Gasteiger partial charge in [-0.3, -0.25) is 4.98 Å². The zero-order valence-electron chi connectivity index (χ0n) is 8.66. The van der Waals surface area contributed by atoms with E-state index in [-0.39, 0.29) is 5.78 Å². The van der Waals surface area contributed by atoms with Crippen LogP contribution in [0.25, 0.3) is 0 Å². The minimum absolute atomic E-state index is 0.222. The van der Waals surface area contributed by atoms with Crippen molar-refractivity contribution in [2.24, 2.45) is 5.92 Å². The van der Waals surface area contributed by atoms with Crippen molar-refractivity contribution in [1.29, 1.82) is 0 Å². The summed E-state index contributed by atoms with van der Waals surface area (Å²) in [5, 5.41) is 0. The van der Waals surface area contributed by atoms with Crippen LogP contribution in [0.2, 0.25) is 0 Å². The molecular formula is C11H16N2O. The number of ketones is 1. The number of carbonyl (C=O) groups is 1. The second-order valence-corrected chi connectivity index (χ2v) is 3.79. The molecule has 1 aromatic heterocycles. The van der Waals surface area contributed by atoms with Crippen LogP contribution in [0.3, 0.4) is 0 Å². The molecule has 2 N–H and O–H groups in total. The zero-order chi connectivity index (χ0) is 10.6. The van der Waals surface area contributed by atoms with Crippen molar-refractivity contribution < 1.29 is 4.79 Å². The predicted octanol–water partition coefficient (Wildman–Crippen LogP) is 1.82. The lowest BCUT2D eigenvalue weighted by Crippen LogP contribution is -2.07. The molecule has 0 aromatic carbocycles. The van der Waals surface area contributed by atoms with Crippen molar-refractivity contribution in [1.82, 2.24) is 4.98 Å². The average molecular weight is 192 g/mol. The van der Waals surface area contributed by atoms with Gasteiger partial charge in [0.1, 0.15) is 5.78 Å². The molecule has 0 aliphatic heterocycles. The number of aromatic nitrogens is 1. The van der Waals surface area contributed by atoms with E-state index in [2.05, 4.69) is 4.98 Å². The highest BCUT2D eigenvalue weighted by Gasteiger charge is 2.08. The van der Waals surface area contributed by atoms with Gasteiger partial charge in [-0.05, 0) is 30.9 Å². The Morgan fingerprint density at radius 3 is 2.93 bits per heavy atom. The molecule has 3 heteroatoms. The van der Waals surface area contributed by atoms with Crippen LogP contribution in [0.5, 0.6) is 0 Å². The lowest BCUT2D eigenvalue weighted by atomic mass is 9.97. The molecule has 0 spiro atoms. The van der Waals surface area contributed by atoms with Crippen LogP contribution < -0.4 is 5.73 Å². The van der Waals surface area contributed by atoms with Gasteiger partial charge in [-0.15, -0.1) is 0 Å². The van der Waals surface area contributed by atoms with E-state index in [4.69, 9.17) is 5.73 Å². The number of hydrogen-bond donors (Lipinski definition) is 1. The number of nitrogen functional groups attached to an aromatic ring is 1. The number of nitrogens with zero attached hydrogens (tertiary/aromatic N) is 1. The van der Waals surface area contributed by atoms with Gasteiger partial charge in [0.2, 0.25) is 0 Å². The van der Waals surface area contributed by atoms with Crippen molar-refractivity contribution >= 4 is 11.5 Å². The van der Waals surface area contributed by atoms with Gasteiger partial charge in [-0.1, -0.05) is 6.92 Å². The molecule has 1 aromatic rings. The Morgan fingerprint density at radius 2 is 2.36 bits per heavy atom. The fourth-order valence-corrected chi connectivity index (χ4v) is 1.55. The van der Waals surface area contributed by atoms with Crippen LogP contribution in [0.1, 0.15) is 25.8 Å². The van der Waals surface area contributed by atoms with Crippen molar-refractivity contribution in [3.8, 4) is 0 Å². The fourth-order valence-electron chi connectivity index (χ4n) is 1.55. The van der Waals surface area contributed by atoms with E-state index in [1.54, 1.807) is 25.4 Å². The first-order chi connectivity index (χ1) is 6.59. The smallest absolute Gasteiger partial charge is 0.130 e. The first-order valence-electron chi connectivity index (χ1n) is 4.77. The normalized spacial score (nSPS) is 12.4. The highest BCUT2D eigenvalue weighted by Crippen LogP contribution is 2.16. The van der Waals surface area contributed by atoms with Gasteiger partial charge in [-0.25, -0.2) is 0 Å². The van der Waals surface area contributed by atoms with Gasteiger partial charge < -0.3 is 10.5 Å². The first kappa shape index (κ1) is 10.7. The van der Waals surface area contributed by atoms with E-state index < -0.39 is 0 Å². The quantitative estimate of drug-likeness (QED) is 0.791. The fraction of sp³-hybridized carbons (Fsp3) is 0.455. The van der Waals surface area contributed by atoms with Gasteiger partial charge in [0, 0.05) is 24.5 Å². The monoisotopic (exact) mass is 192 g/mol. The van der Waals surface area contributed by atoms with E-state index in [1.807, 2.05) is 6.92 Å². The van der Waals surface area contributed by atoms with E-state index in [9.17, 15) is 4.79 Å². The van der Waals surface area contributed by atoms with E-state index in [0.717, 1.165) is 17.7 Å². The van der Waals surface area contributed by atoms with Crippen LogP contribution in [-0.2, 0) is 11.2 Å². The van der Waals surface area contributed by atoms with Crippen LogP contribution in [0.15, 0.2) is 18.5 Å². The molecule has 76 valence electrons. The summed E-state index contributed by atoms with van der Waals surface area (Å²) in [5.41, 5.74) is 7.56. The largest absolute Gasteiger partial charge is 0.398 e. The maximum Gasteiger partial charge on any atom is 0.130 e. The molecule has 1 unspecified atom stereocenters. The van der Waals surface area contributed by atoms with Crippen LogP contribution in [0.4, 0.5) is 5.69 Å². The van der Waals surface area contributed by atoms with Gasteiger partial charge in [-0.2, -0.15) is 0 Å². The summed E-state index contributed by atoms with van der Waals surface area (Å²) in [5.74, 6) is 0.555. The number of pyridine rings is 1. The molecule has 0 bridgehead atoms. The Labute approximate surface area is 84.3 Å². The molecular weight excluding hydrogens is 176 g/mol. The number of hydrogen-bond acceptors (Lipinski definition) is 3. The number of rotatable bonds is 4. The molecule has 1 atom stereocenters. The van der Waals surface area contributed by atoms with Gasteiger partial charge in [0.05, 0.1) is 0 Å². The minimum Gasteiger partial charge on any atom is -0.398 e. The van der Waals surface area contributed by atoms with E-state index in [1.165, 1.54) is 0 Å². The Hall–Kier alpha value is -1.38. The molecule has 1 heterocycles. The summed E-state index contributed by atoms with van der Waals surface area (Å²) in [4.78, 5) is 14.9. The third kappa shape index (κ3) is 3.17. The van der Waals surface area contributed by atoms with Crippen molar-refractivity contribution in [2.45, 2.75) is 26.7 Å². The second kappa shape index (κ2) is 4.74.